The van der Waals surface area contributed by atoms with Crippen molar-refractivity contribution in [1.29, 1.82) is 0 Å². The number of carbonyl (C=O) groups excluding carboxylic acids is 1. The van der Waals surface area contributed by atoms with Crippen molar-refractivity contribution >= 4 is 17.0 Å². The second kappa shape index (κ2) is 7.88. The molecule has 0 saturated heterocycles. The number of carbonyl (C=O) groups is 1. The van der Waals surface area contributed by atoms with Gasteiger partial charge in [0.05, 0.1) is 23.3 Å². The molecule has 1 aromatic carbocycles. The summed E-state index contributed by atoms with van der Waals surface area (Å²) >= 11 is 0. The fraction of sp³-hybridized carbons (Fsp3) is 0.381. The molecule has 1 saturated carbocycles. The molecular weight excluding hydrogens is 342 g/mol. The summed E-state index contributed by atoms with van der Waals surface area (Å²) in [4.78, 5) is 17.2. The van der Waals surface area contributed by atoms with E-state index in [1.165, 1.54) is 0 Å². The first-order chi connectivity index (χ1) is 13.2. The summed E-state index contributed by atoms with van der Waals surface area (Å²) < 4.78 is 11.0. The number of hydrogen-bond donors (Lipinski definition) is 1. The summed E-state index contributed by atoms with van der Waals surface area (Å²) in [6, 6.07) is 11.9. The molecule has 1 amide bonds. The zero-order valence-electron chi connectivity index (χ0n) is 15.4. The molecule has 4 rings (SSSR count). The van der Waals surface area contributed by atoms with Crippen molar-refractivity contribution in [2.24, 2.45) is 0 Å². The summed E-state index contributed by atoms with van der Waals surface area (Å²) in [5.74, 6) is 0.330. The van der Waals surface area contributed by atoms with Crippen molar-refractivity contribution in [2.45, 2.75) is 38.7 Å². The zero-order chi connectivity index (χ0) is 18.6. The van der Waals surface area contributed by atoms with Gasteiger partial charge in [-0.15, -0.1) is 0 Å². The summed E-state index contributed by atoms with van der Waals surface area (Å²) in [6.07, 6.45) is 2.99. The predicted molar refractivity (Wildman–Crippen MR) is 102 cm³/mol. The molecule has 140 valence electrons. The van der Waals surface area contributed by atoms with E-state index in [0.29, 0.717) is 48.0 Å². The Morgan fingerprint density at radius 3 is 2.89 bits per heavy atom. The molecule has 0 bridgehead atoms. The highest BCUT2D eigenvalue weighted by Crippen LogP contribution is 2.40. The smallest absolute Gasteiger partial charge is 0.259 e. The van der Waals surface area contributed by atoms with Gasteiger partial charge in [-0.05, 0) is 37.8 Å². The summed E-state index contributed by atoms with van der Waals surface area (Å²) in [6.45, 7) is 3.57. The lowest BCUT2D eigenvalue weighted by molar-refractivity contribution is 0.0936. The quantitative estimate of drug-likeness (QED) is 0.615. The van der Waals surface area contributed by atoms with E-state index in [0.717, 1.165) is 30.5 Å². The van der Waals surface area contributed by atoms with Gasteiger partial charge in [-0.3, -0.25) is 4.79 Å². The number of amides is 1. The van der Waals surface area contributed by atoms with Gasteiger partial charge < -0.3 is 14.6 Å². The Kier molecular flexibility index (Phi) is 5.16. The summed E-state index contributed by atoms with van der Waals surface area (Å²) in [5, 5.41) is 7.65. The lowest BCUT2D eigenvalue weighted by Crippen LogP contribution is -2.25. The molecular formula is C21H23N3O3. The topological polar surface area (TPSA) is 77.2 Å². The van der Waals surface area contributed by atoms with Crippen LogP contribution >= 0.6 is 0 Å². The molecule has 0 unspecified atom stereocenters. The van der Waals surface area contributed by atoms with Crippen LogP contribution in [0.25, 0.3) is 11.1 Å². The minimum absolute atomic E-state index is 0.112. The average molecular weight is 365 g/mol. The second-order valence-corrected chi connectivity index (χ2v) is 6.96. The van der Waals surface area contributed by atoms with E-state index < -0.39 is 0 Å². The van der Waals surface area contributed by atoms with Crippen LogP contribution in [0, 0.1) is 6.92 Å². The standard InChI is InChI=1S/C21H23N3O3/c1-14-19-17(12-18(16-8-9-16)23-21(19)27-24-14)20(25)22-10-5-11-26-13-15-6-3-2-4-7-15/h2-4,6-7,12,16H,5,8-11,13H2,1H3,(H,22,25). The number of rotatable bonds is 8. The van der Waals surface area contributed by atoms with E-state index in [2.05, 4.69) is 15.5 Å². The monoisotopic (exact) mass is 365 g/mol. The first-order valence-corrected chi connectivity index (χ1v) is 9.39. The Bertz CT molecular complexity index is 932. The molecule has 27 heavy (non-hydrogen) atoms. The number of pyridine rings is 1. The van der Waals surface area contributed by atoms with Crippen molar-refractivity contribution < 1.29 is 14.1 Å². The Morgan fingerprint density at radius 1 is 1.30 bits per heavy atom. The highest BCUT2D eigenvalue weighted by atomic mass is 16.5. The largest absolute Gasteiger partial charge is 0.377 e. The first kappa shape index (κ1) is 17.7. The highest BCUT2D eigenvalue weighted by Gasteiger charge is 2.28. The Balaban J connectivity index is 1.32. The highest BCUT2D eigenvalue weighted by molar-refractivity contribution is 6.06. The van der Waals surface area contributed by atoms with Gasteiger partial charge >= 0.3 is 0 Å². The van der Waals surface area contributed by atoms with Crippen LogP contribution in [-0.2, 0) is 11.3 Å². The van der Waals surface area contributed by atoms with Crippen molar-refractivity contribution in [3.8, 4) is 0 Å². The third-order valence-electron chi connectivity index (χ3n) is 4.74. The molecule has 0 atom stereocenters. The number of ether oxygens (including phenoxy) is 1. The maximum Gasteiger partial charge on any atom is 0.259 e. The molecule has 0 spiro atoms. The predicted octanol–water partition coefficient (Wildman–Crippen LogP) is 3.75. The van der Waals surface area contributed by atoms with Gasteiger partial charge in [0.15, 0.2) is 0 Å². The van der Waals surface area contributed by atoms with Gasteiger partial charge in [0.2, 0.25) is 0 Å². The minimum Gasteiger partial charge on any atom is -0.377 e. The Hall–Kier alpha value is -2.73. The molecule has 2 aromatic heterocycles. The number of aromatic nitrogens is 2. The number of nitrogens with zero attached hydrogens (tertiary/aromatic N) is 2. The molecule has 0 aliphatic heterocycles. The third-order valence-corrected chi connectivity index (χ3v) is 4.74. The fourth-order valence-electron chi connectivity index (χ4n) is 3.12. The molecule has 0 radical (unpaired) electrons. The van der Waals surface area contributed by atoms with Crippen LogP contribution in [0.1, 0.15) is 52.5 Å². The van der Waals surface area contributed by atoms with Crippen molar-refractivity contribution in [3.05, 3.63) is 58.9 Å². The summed E-state index contributed by atoms with van der Waals surface area (Å²) in [7, 11) is 0. The van der Waals surface area contributed by atoms with Crippen LogP contribution in [0.4, 0.5) is 0 Å². The van der Waals surface area contributed by atoms with Crippen molar-refractivity contribution in [3.63, 3.8) is 0 Å². The normalized spacial score (nSPS) is 13.8. The van der Waals surface area contributed by atoms with Crippen molar-refractivity contribution in [1.82, 2.24) is 15.5 Å². The number of nitrogens with one attached hydrogen (secondary N) is 1. The lowest BCUT2D eigenvalue weighted by Gasteiger charge is -2.08. The molecule has 1 fully saturated rings. The molecule has 1 N–H and O–H groups in total. The number of aryl methyl sites for hydroxylation is 1. The molecule has 6 nitrogen and oxygen atoms in total. The van der Waals surface area contributed by atoms with Crippen molar-refractivity contribution in [2.75, 3.05) is 13.2 Å². The minimum atomic E-state index is -0.112. The number of benzene rings is 1. The number of hydrogen-bond acceptors (Lipinski definition) is 5. The summed E-state index contributed by atoms with van der Waals surface area (Å²) in [5.41, 5.74) is 3.82. The van der Waals surface area contributed by atoms with Crippen LogP contribution in [0.2, 0.25) is 0 Å². The van der Waals surface area contributed by atoms with Crippen LogP contribution < -0.4 is 5.32 Å². The van der Waals surface area contributed by atoms with E-state index in [1.54, 1.807) is 0 Å². The van der Waals surface area contributed by atoms with E-state index in [9.17, 15) is 4.79 Å². The van der Waals surface area contributed by atoms with Gasteiger partial charge in [0.1, 0.15) is 0 Å². The Morgan fingerprint density at radius 2 is 2.11 bits per heavy atom. The molecule has 1 aliphatic carbocycles. The maximum atomic E-state index is 12.7. The van der Waals surface area contributed by atoms with Gasteiger partial charge in [-0.2, -0.15) is 0 Å². The van der Waals surface area contributed by atoms with E-state index in [-0.39, 0.29) is 5.91 Å². The number of fused-ring (bicyclic) bond motifs is 1. The van der Waals surface area contributed by atoms with Crippen LogP contribution in [0.15, 0.2) is 40.9 Å². The van der Waals surface area contributed by atoms with Crippen LogP contribution in [-0.4, -0.2) is 29.2 Å². The lowest BCUT2D eigenvalue weighted by atomic mass is 10.1. The fourth-order valence-corrected chi connectivity index (χ4v) is 3.12. The van der Waals surface area contributed by atoms with Gasteiger partial charge in [-0.1, -0.05) is 35.5 Å². The SMILES string of the molecule is Cc1noc2nc(C3CC3)cc(C(=O)NCCCOCc3ccccc3)c12. The zero-order valence-corrected chi connectivity index (χ0v) is 15.4. The molecule has 3 aromatic rings. The molecule has 6 heteroatoms. The third kappa shape index (κ3) is 4.17. The van der Waals surface area contributed by atoms with Crippen LogP contribution in [0.3, 0.4) is 0 Å². The van der Waals surface area contributed by atoms with E-state index >= 15 is 0 Å². The second-order valence-electron chi connectivity index (χ2n) is 6.96. The first-order valence-electron chi connectivity index (χ1n) is 9.39. The van der Waals surface area contributed by atoms with E-state index in [4.69, 9.17) is 9.26 Å². The Labute approximate surface area is 157 Å². The van der Waals surface area contributed by atoms with E-state index in [1.807, 2.05) is 43.3 Å². The molecule has 2 heterocycles. The molecule has 1 aliphatic rings. The maximum absolute atomic E-state index is 12.7. The van der Waals surface area contributed by atoms with Gasteiger partial charge in [-0.25, -0.2) is 4.98 Å². The van der Waals surface area contributed by atoms with Gasteiger partial charge in [0.25, 0.3) is 11.6 Å². The van der Waals surface area contributed by atoms with Crippen LogP contribution in [0.5, 0.6) is 0 Å². The average Bonchev–Trinajstić information content (AvgIpc) is 3.48. The van der Waals surface area contributed by atoms with Gasteiger partial charge in [0, 0.05) is 24.8 Å².